The topological polar surface area (TPSA) is 59.8 Å². The first kappa shape index (κ1) is 20.7. The molecule has 28 heavy (non-hydrogen) atoms. The lowest BCUT2D eigenvalue weighted by molar-refractivity contribution is -0.113. The van der Waals surface area contributed by atoms with Crippen molar-refractivity contribution < 1.29 is 4.79 Å². The predicted octanol–water partition coefficient (Wildman–Crippen LogP) is 5.64. The highest BCUT2D eigenvalue weighted by molar-refractivity contribution is 7.99. The highest BCUT2D eigenvalue weighted by Gasteiger charge is 2.14. The summed E-state index contributed by atoms with van der Waals surface area (Å²) in [4.78, 5) is 12.3. The average molecular weight is 435 g/mol. The number of benzene rings is 2. The maximum absolute atomic E-state index is 12.3. The Kier molecular flexibility index (Phi) is 6.65. The molecule has 0 radical (unpaired) electrons. The van der Waals surface area contributed by atoms with E-state index in [1.54, 1.807) is 12.1 Å². The van der Waals surface area contributed by atoms with E-state index in [0.29, 0.717) is 26.9 Å². The van der Waals surface area contributed by atoms with Crippen LogP contribution in [0.5, 0.6) is 0 Å². The highest BCUT2D eigenvalue weighted by Crippen LogP contribution is 2.29. The molecule has 0 aliphatic rings. The molecule has 5 nitrogen and oxygen atoms in total. The first-order chi connectivity index (χ1) is 13.3. The van der Waals surface area contributed by atoms with Crippen LogP contribution in [0.4, 0.5) is 5.69 Å². The predicted molar refractivity (Wildman–Crippen MR) is 116 cm³/mol. The summed E-state index contributed by atoms with van der Waals surface area (Å²) in [5, 5.41) is 12.9. The van der Waals surface area contributed by atoms with Gasteiger partial charge in [-0.15, -0.1) is 10.2 Å². The third kappa shape index (κ3) is 4.87. The maximum Gasteiger partial charge on any atom is 0.234 e. The van der Waals surface area contributed by atoms with Crippen LogP contribution in [0.1, 0.15) is 25.3 Å². The van der Waals surface area contributed by atoms with Crippen molar-refractivity contribution >= 4 is 46.6 Å². The lowest BCUT2D eigenvalue weighted by Gasteiger charge is -2.08. The van der Waals surface area contributed by atoms with E-state index in [0.717, 1.165) is 11.3 Å². The van der Waals surface area contributed by atoms with E-state index in [2.05, 4.69) is 29.4 Å². The van der Waals surface area contributed by atoms with Crippen LogP contribution in [-0.4, -0.2) is 26.4 Å². The third-order valence-corrected chi connectivity index (χ3v) is 5.97. The number of nitrogens with one attached hydrogen (secondary N) is 1. The minimum absolute atomic E-state index is 0.0959. The van der Waals surface area contributed by atoms with E-state index in [4.69, 9.17) is 23.2 Å². The number of rotatable bonds is 6. The quantitative estimate of drug-likeness (QED) is 0.509. The van der Waals surface area contributed by atoms with Crippen LogP contribution in [0.3, 0.4) is 0 Å². The Morgan fingerprint density at radius 1 is 1.11 bits per heavy atom. The zero-order valence-corrected chi connectivity index (χ0v) is 18.1. The smallest absolute Gasteiger partial charge is 0.234 e. The molecule has 0 aliphatic heterocycles. The van der Waals surface area contributed by atoms with Gasteiger partial charge >= 0.3 is 0 Å². The summed E-state index contributed by atoms with van der Waals surface area (Å²) in [6.07, 6.45) is 0. The number of halogens is 2. The van der Waals surface area contributed by atoms with Gasteiger partial charge in [-0.25, -0.2) is 0 Å². The van der Waals surface area contributed by atoms with Crippen LogP contribution < -0.4 is 5.32 Å². The molecule has 0 aliphatic carbocycles. The van der Waals surface area contributed by atoms with Crippen molar-refractivity contribution in [3.63, 3.8) is 0 Å². The average Bonchev–Trinajstić information content (AvgIpc) is 3.03. The molecular formula is C20H20Cl2N4OS. The van der Waals surface area contributed by atoms with Crippen LogP contribution in [-0.2, 0) is 11.8 Å². The molecule has 0 unspecified atom stereocenters. The summed E-state index contributed by atoms with van der Waals surface area (Å²) in [6.45, 7) is 4.27. The largest absolute Gasteiger partial charge is 0.325 e. The van der Waals surface area contributed by atoms with Crippen LogP contribution in [0.2, 0.25) is 10.0 Å². The monoisotopic (exact) mass is 434 g/mol. The second kappa shape index (κ2) is 8.99. The van der Waals surface area contributed by atoms with Gasteiger partial charge in [0.25, 0.3) is 0 Å². The molecule has 0 saturated carbocycles. The molecule has 0 fully saturated rings. The van der Waals surface area contributed by atoms with Gasteiger partial charge in [0, 0.05) is 18.3 Å². The van der Waals surface area contributed by atoms with E-state index in [9.17, 15) is 4.79 Å². The van der Waals surface area contributed by atoms with Crippen LogP contribution >= 0.6 is 35.0 Å². The molecule has 3 rings (SSSR count). The molecule has 8 heteroatoms. The number of aromatic nitrogens is 3. The Bertz CT molecular complexity index is 986. The van der Waals surface area contributed by atoms with Gasteiger partial charge in [-0.3, -0.25) is 4.79 Å². The van der Waals surface area contributed by atoms with Crippen molar-refractivity contribution in [3.8, 4) is 11.4 Å². The molecule has 0 saturated heterocycles. The van der Waals surface area contributed by atoms with Gasteiger partial charge in [-0.05, 0) is 41.8 Å². The molecule has 0 atom stereocenters. The Balaban J connectivity index is 1.62. The Hall–Kier alpha value is -2.02. The van der Waals surface area contributed by atoms with E-state index in [-0.39, 0.29) is 11.7 Å². The number of nitrogens with zero attached hydrogens (tertiary/aromatic N) is 3. The molecule has 0 bridgehead atoms. The molecule has 3 aromatic rings. The van der Waals surface area contributed by atoms with Gasteiger partial charge in [0.2, 0.25) is 5.91 Å². The normalized spacial score (nSPS) is 11.1. The van der Waals surface area contributed by atoms with E-state index in [1.165, 1.54) is 17.3 Å². The lowest BCUT2D eigenvalue weighted by atomic mass is 10.0. The minimum Gasteiger partial charge on any atom is -0.325 e. The molecule has 1 aromatic heterocycles. The van der Waals surface area contributed by atoms with Gasteiger partial charge in [-0.2, -0.15) is 0 Å². The van der Waals surface area contributed by atoms with Crippen LogP contribution in [0.25, 0.3) is 11.4 Å². The number of anilines is 1. The first-order valence-corrected chi connectivity index (χ1v) is 10.5. The SMILES string of the molecule is CC(C)c1ccc(NC(=O)CSc2nnc(-c3ccc(Cl)c(Cl)c3)n2C)cc1. The van der Waals surface area contributed by atoms with Crippen molar-refractivity contribution in [2.75, 3.05) is 11.1 Å². The summed E-state index contributed by atoms with van der Waals surface area (Å²) in [6, 6.07) is 13.2. The zero-order chi connectivity index (χ0) is 20.3. The third-order valence-electron chi connectivity index (χ3n) is 4.21. The van der Waals surface area contributed by atoms with Crippen molar-refractivity contribution in [3.05, 3.63) is 58.1 Å². The lowest BCUT2D eigenvalue weighted by Crippen LogP contribution is -2.14. The Morgan fingerprint density at radius 3 is 2.46 bits per heavy atom. The summed E-state index contributed by atoms with van der Waals surface area (Å²) in [5.74, 6) is 1.26. The second-order valence-corrected chi connectivity index (χ2v) is 8.36. The molecule has 1 heterocycles. The Labute approximate surface area is 178 Å². The molecular weight excluding hydrogens is 415 g/mol. The van der Waals surface area contributed by atoms with E-state index >= 15 is 0 Å². The number of amides is 1. The Morgan fingerprint density at radius 2 is 1.82 bits per heavy atom. The first-order valence-electron chi connectivity index (χ1n) is 8.72. The number of thioether (sulfide) groups is 1. The van der Waals surface area contributed by atoms with Crippen molar-refractivity contribution in [1.29, 1.82) is 0 Å². The fraction of sp³-hybridized carbons (Fsp3) is 0.250. The van der Waals surface area contributed by atoms with Crippen molar-refractivity contribution in [2.45, 2.75) is 24.9 Å². The standard InChI is InChI=1S/C20H20Cl2N4OS/c1-12(2)13-4-7-15(8-5-13)23-18(27)11-28-20-25-24-19(26(20)3)14-6-9-16(21)17(22)10-14/h4-10,12H,11H2,1-3H3,(H,23,27). The summed E-state index contributed by atoms with van der Waals surface area (Å²) in [7, 11) is 1.85. The molecule has 2 aromatic carbocycles. The summed E-state index contributed by atoms with van der Waals surface area (Å²) in [5.41, 5.74) is 2.83. The summed E-state index contributed by atoms with van der Waals surface area (Å²) < 4.78 is 1.83. The van der Waals surface area contributed by atoms with Gasteiger partial charge in [-0.1, -0.05) is 60.9 Å². The fourth-order valence-electron chi connectivity index (χ4n) is 2.61. The van der Waals surface area contributed by atoms with Crippen molar-refractivity contribution in [1.82, 2.24) is 14.8 Å². The molecule has 1 amide bonds. The van der Waals surface area contributed by atoms with Gasteiger partial charge in [0.1, 0.15) is 0 Å². The highest BCUT2D eigenvalue weighted by atomic mass is 35.5. The second-order valence-electron chi connectivity index (χ2n) is 6.61. The van der Waals surface area contributed by atoms with Crippen LogP contribution in [0, 0.1) is 0 Å². The zero-order valence-electron chi connectivity index (χ0n) is 15.7. The van der Waals surface area contributed by atoms with Gasteiger partial charge in [0.05, 0.1) is 15.8 Å². The molecule has 0 spiro atoms. The molecule has 146 valence electrons. The van der Waals surface area contributed by atoms with E-state index < -0.39 is 0 Å². The minimum atomic E-state index is -0.0959. The van der Waals surface area contributed by atoms with E-state index in [1.807, 2.05) is 41.9 Å². The maximum atomic E-state index is 12.3. The summed E-state index contributed by atoms with van der Waals surface area (Å²) >= 11 is 13.4. The van der Waals surface area contributed by atoms with Gasteiger partial charge in [0.15, 0.2) is 11.0 Å². The fourth-order valence-corrected chi connectivity index (χ4v) is 3.61. The van der Waals surface area contributed by atoms with Crippen molar-refractivity contribution in [2.24, 2.45) is 7.05 Å². The van der Waals surface area contributed by atoms with Gasteiger partial charge < -0.3 is 9.88 Å². The number of hydrogen-bond acceptors (Lipinski definition) is 4. The number of carbonyl (C=O) groups excluding carboxylic acids is 1. The molecule has 1 N–H and O–H groups in total. The number of hydrogen-bond donors (Lipinski definition) is 1. The van der Waals surface area contributed by atoms with Crippen LogP contribution in [0.15, 0.2) is 47.6 Å². The number of carbonyl (C=O) groups is 1.